The van der Waals surface area contributed by atoms with Crippen molar-refractivity contribution in [3.05, 3.63) is 12.2 Å². The number of aliphatic hydroxyl groups excluding tert-OH is 1. The maximum absolute atomic E-state index is 10.7. The molecule has 0 radical (unpaired) electrons. The standard InChI is InChI=1S/C8H14O3/c1-7(2)8(10)11-6-4-3-5-9/h9H,1,3-6H2,2H3. The lowest BCUT2D eigenvalue weighted by atomic mass is 10.3. The Balaban J connectivity index is 3.25. The molecule has 0 spiro atoms. The van der Waals surface area contributed by atoms with Crippen LogP contribution >= 0.6 is 0 Å². The molecule has 0 saturated heterocycles. The second kappa shape index (κ2) is 5.92. The molecule has 3 heteroatoms. The number of aliphatic hydroxyl groups is 1. The maximum Gasteiger partial charge on any atom is 0.333 e. The highest BCUT2D eigenvalue weighted by molar-refractivity contribution is 5.86. The summed E-state index contributed by atoms with van der Waals surface area (Å²) in [6.07, 6.45) is 1.37. The van der Waals surface area contributed by atoms with Crippen molar-refractivity contribution in [2.75, 3.05) is 13.2 Å². The molecule has 0 unspecified atom stereocenters. The van der Waals surface area contributed by atoms with Gasteiger partial charge in [0, 0.05) is 12.2 Å². The first-order valence-electron chi connectivity index (χ1n) is 3.62. The summed E-state index contributed by atoms with van der Waals surface area (Å²) < 4.78 is 4.76. The number of hydrogen-bond acceptors (Lipinski definition) is 3. The van der Waals surface area contributed by atoms with E-state index in [0.717, 1.165) is 0 Å². The van der Waals surface area contributed by atoms with Gasteiger partial charge < -0.3 is 9.84 Å². The Bertz CT molecular complexity index is 140. The third kappa shape index (κ3) is 5.61. The first-order chi connectivity index (χ1) is 5.18. The van der Waals surface area contributed by atoms with E-state index < -0.39 is 0 Å². The van der Waals surface area contributed by atoms with Crippen LogP contribution in [0, 0.1) is 0 Å². The van der Waals surface area contributed by atoms with Gasteiger partial charge in [-0.2, -0.15) is 0 Å². The molecule has 0 aliphatic rings. The zero-order chi connectivity index (χ0) is 8.69. The fourth-order valence-corrected chi connectivity index (χ4v) is 0.502. The van der Waals surface area contributed by atoms with Crippen LogP contribution < -0.4 is 0 Å². The van der Waals surface area contributed by atoms with E-state index in [0.29, 0.717) is 25.0 Å². The summed E-state index contributed by atoms with van der Waals surface area (Å²) >= 11 is 0. The van der Waals surface area contributed by atoms with E-state index in [1.807, 2.05) is 0 Å². The molecule has 0 bridgehead atoms. The van der Waals surface area contributed by atoms with E-state index in [2.05, 4.69) is 6.58 Å². The van der Waals surface area contributed by atoms with Crippen molar-refractivity contribution in [3.63, 3.8) is 0 Å². The lowest BCUT2D eigenvalue weighted by Crippen LogP contribution is -2.06. The minimum absolute atomic E-state index is 0.143. The van der Waals surface area contributed by atoms with Gasteiger partial charge in [0.1, 0.15) is 0 Å². The number of unbranched alkanes of at least 4 members (excludes halogenated alkanes) is 1. The highest BCUT2D eigenvalue weighted by Gasteiger charge is 2.00. The normalized spacial score (nSPS) is 9.27. The van der Waals surface area contributed by atoms with Crippen molar-refractivity contribution in [2.24, 2.45) is 0 Å². The molecule has 0 aromatic carbocycles. The van der Waals surface area contributed by atoms with Crippen LogP contribution in [0.2, 0.25) is 0 Å². The van der Waals surface area contributed by atoms with E-state index in [-0.39, 0.29) is 12.6 Å². The van der Waals surface area contributed by atoms with E-state index in [4.69, 9.17) is 9.84 Å². The number of hydrogen-bond donors (Lipinski definition) is 1. The number of carbonyl (C=O) groups excluding carboxylic acids is 1. The number of carbonyl (C=O) groups is 1. The van der Waals surface area contributed by atoms with Crippen LogP contribution in [-0.2, 0) is 9.53 Å². The van der Waals surface area contributed by atoms with E-state index in [1.165, 1.54) is 0 Å². The zero-order valence-corrected chi connectivity index (χ0v) is 6.80. The van der Waals surface area contributed by atoms with Crippen LogP contribution in [0.1, 0.15) is 19.8 Å². The fourth-order valence-electron chi connectivity index (χ4n) is 0.502. The molecular formula is C8H14O3. The van der Waals surface area contributed by atoms with Crippen molar-refractivity contribution in [1.29, 1.82) is 0 Å². The average Bonchev–Trinajstić information content (AvgIpc) is 1.97. The topological polar surface area (TPSA) is 46.5 Å². The Labute approximate surface area is 66.7 Å². The van der Waals surface area contributed by atoms with Gasteiger partial charge in [-0.3, -0.25) is 0 Å². The van der Waals surface area contributed by atoms with Crippen LogP contribution in [0.15, 0.2) is 12.2 Å². The summed E-state index contributed by atoms with van der Waals surface area (Å²) in [6.45, 7) is 5.55. The second-order valence-corrected chi connectivity index (χ2v) is 2.35. The van der Waals surface area contributed by atoms with Gasteiger partial charge in [-0.1, -0.05) is 6.58 Å². The highest BCUT2D eigenvalue weighted by Crippen LogP contribution is 1.94. The lowest BCUT2D eigenvalue weighted by Gasteiger charge is -2.01. The zero-order valence-electron chi connectivity index (χ0n) is 6.80. The van der Waals surface area contributed by atoms with Crippen molar-refractivity contribution >= 4 is 5.97 Å². The molecule has 0 fully saturated rings. The molecule has 0 heterocycles. The van der Waals surface area contributed by atoms with Gasteiger partial charge in [0.25, 0.3) is 0 Å². The smallest absolute Gasteiger partial charge is 0.333 e. The third-order valence-corrected chi connectivity index (χ3v) is 1.13. The molecule has 0 saturated carbocycles. The van der Waals surface area contributed by atoms with Gasteiger partial charge in [-0.15, -0.1) is 0 Å². The van der Waals surface area contributed by atoms with Crippen molar-refractivity contribution in [3.8, 4) is 0 Å². The van der Waals surface area contributed by atoms with Crippen molar-refractivity contribution in [1.82, 2.24) is 0 Å². The molecule has 0 aromatic rings. The first-order valence-corrected chi connectivity index (χ1v) is 3.62. The predicted octanol–water partition coefficient (Wildman–Crippen LogP) is 0.878. The van der Waals surface area contributed by atoms with Crippen LogP contribution in [0.3, 0.4) is 0 Å². The molecule has 1 N–H and O–H groups in total. The van der Waals surface area contributed by atoms with Crippen LogP contribution in [0.5, 0.6) is 0 Å². The quantitative estimate of drug-likeness (QED) is 0.367. The summed E-state index contributed by atoms with van der Waals surface area (Å²) in [5, 5.41) is 8.38. The third-order valence-electron chi connectivity index (χ3n) is 1.13. The molecule has 0 aliphatic heterocycles. The molecule has 0 aromatic heterocycles. The van der Waals surface area contributed by atoms with Crippen molar-refractivity contribution in [2.45, 2.75) is 19.8 Å². The number of ether oxygens (including phenoxy) is 1. The average molecular weight is 158 g/mol. The number of rotatable bonds is 5. The summed E-state index contributed by atoms with van der Waals surface area (Å²) in [6, 6.07) is 0. The molecule has 0 amide bonds. The minimum Gasteiger partial charge on any atom is -0.462 e. The van der Waals surface area contributed by atoms with Gasteiger partial charge in [-0.05, 0) is 19.8 Å². The number of esters is 1. The Hall–Kier alpha value is -0.830. The summed E-state index contributed by atoms with van der Waals surface area (Å²) in [5.74, 6) is -0.358. The second-order valence-electron chi connectivity index (χ2n) is 2.35. The monoisotopic (exact) mass is 158 g/mol. The maximum atomic E-state index is 10.7. The summed E-state index contributed by atoms with van der Waals surface area (Å²) in [5.41, 5.74) is 0.411. The van der Waals surface area contributed by atoms with Gasteiger partial charge in [0.2, 0.25) is 0 Å². The molecule has 0 atom stereocenters. The molecular weight excluding hydrogens is 144 g/mol. The Kier molecular flexibility index (Phi) is 5.47. The van der Waals surface area contributed by atoms with Crippen LogP contribution in [0.25, 0.3) is 0 Å². The van der Waals surface area contributed by atoms with E-state index >= 15 is 0 Å². The SMILES string of the molecule is C=C(C)C(=O)OCCCCO. The van der Waals surface area contributed by atoms with E-state index in [1.54, 1.807) is 6.92 Å². The minimum atomic E-state index is -0.358. The van der Waals surface area contributed by atoms with Gasteiger partial charge in [-0.25, -0.2) is 4.79 Å². The Morgan fingerprint density at radius 3 is 2.64 bits per heavy atom. The lowest BCUT2D eigenvalue weighted by molar-refractivity contribution is -0.139. The fraction of sp³-hybridized carbons (Fsp3) is 0.625. The van der Waals surface area contributed by atoms with Crippen molar-refractivity contribution < 1.29 is 14.6 Å². The van der Waals surface area contributed by atoms with Crippen LogP contribution in [0.4, 0.5) is 0 Å². The van der Waals surface area contributed by atoms with E-state index in [9.17, 15) is 4.79 Å². The summed E-state index contributed by atoms with van der Waals surface area (Å²) in [7, 11) is 0. The molecule has 0 aliphatic carbocycles. The first kappa shape index (κ1) is 10.2. The van der Waals surface area contributed by atoms with Gasteiger partial charge in [0.05, 0.1) is 6.61 Å². The van der Waals surface area contributed by atoms with Gasteiger partial charge >= 0.3 is 5.97 Å². The van der Waals surface area contributed by atoms with Gasteiger partial charge in [0.15, 0.2) is 0 Å². The largest absolute Gasteiger partial charge is 0.462 e. The highest BCUT2D eigenvalue weighted by atomic mass is 16.5. The summed E-state index contributed by atoms with van der Waals surface area (Å²) in [4.78, 5) is 10.7. The Morgan fingerprint density at radius 2 is 2.18 bits per heavy atom. The molecule has 3 nitrogen and oxygen atoms in total. The molecule has 0 rings (SSSR count). The van der Waals surface area contributed by atoms with Crippen LogP contribution in [-0.4, -0.2) is 24.3 Å². The Morgan fingerprint density at radius 1 is 1.55 bits per heavy atom. The molecule has 64 valence electrons. The predicted molar refractivity (Wildman–Crippen MR) is 42.1 cm³/mol. The molecule has 11 heavy (non-hydrogen) atoms.